The highest BCUT2D eigenvalue weighted by Crippen LogP contribution is 2.25. The molecule has 0 fully saturated rings. The Balaban J connectivity index is 1.71. The van der Waals surface area contributed by atoms with Crippen LogP contribution >= 0.6 is 0 Å². The van der Waals surface area contributed by atoms with E-state index in [0.29, 0.717) is 0 Å². The molecule has 4 nitrogen and oxygen atoms in total. The number of rotatable bonds is 4. The van der Waals surface area contributed by atoms with Gasteiger partial charge >= 0.3 is 11.9 Å². The lowest BCUT2D eigenvalue weighted by molar-refractivity contribution is 0.0393. The van der Waals surface area contributed by atoms with Gasteiger partial charge in [-0.05, 0) is 24.3 Å². The molecule has 0 unspecified atom stereocenters. The first-order valence-corrected chi connectivity index (χ1v) is 8.57. The van der Waals surface area contributed by atoms with Crippen molar-refractivity contribution in [2.75, 3.05) is 0 Å². The van der Waals surface area contributed by atoms with Crippen molar-refractivity contribution in [2.24, 2.45) is 0 Å². The van der Waals surface area contributed by atoms with E-state index in [1.165, 1.54) is 0 Å². The molecule has 0 radical (unpaired) electrons. The van der Waals surface area contributed by atoms with Crippen molar-refractivity contribution in [3.05, 3.63) is 93.9 Å². The Hall–Kier alpha value is -3.77. The minimum Gasteiger partial charge on any atom is -0.450 e. The minimum atomic E-state index is -2.47. The lowest BCUT2D eigenvalue weighted by Crippen LogP contribution is -2.24. The van der Waals surface area contributed by atoms with Crippen molar-refractivity contribution in [1.29, 1.82) is 0 Å². The molecule has 0 bridgehead atoms. The number of hydrogen-bond acceptors (Lipinski definition) is 4. The fraction of sp³-hybridized carbons (Fsp3) is 0.100. The fourth-order valence-electron chi connectivity index (χ4n) is 2.63. The Labute approximate surface area is 177 Å². The maximum absolute atomic E-state index is 13.7. The number of hydrogen-bond donors (Lipinski definition) is 0. The van der Waals surface area contributed by atoms with Crippen molar-refractivity contribution in [2.45, 2.75) is 12.2 Å². The molecule has 0 amide bonds. The van der Waals surface area contributed by atoms with E-state index < -0.39 is 87.6 Å². The Morgan fingerprint density at radius 2 is 0.879 bits per heavy atom. The van der Waals surface area contributed by atoms with Crippen LogP contribution in [0, 0.1) is 52.4 Å². The van der Waals surface area contributed by atoms with Crippen LogP contribution in [-0.2, 0) is 9.47 Å². The Bertz CT molecular complexity index is 1180. The standard InChI is InChI=1S/C20H7F9O4/c21-8-5-9(22)12(23)13(24)10(8)19(30)32-6-1-3-7(4-2-6)33-20(31)11-14(25)16(27)18(29)17(28)15(11)26/h1-7H. The van der Waals surface area contributed by atoms with Crippen molar-refractivity contribution in [1.82, 2.24) is 0 Å². The third kappa shape index (κ3) is 4.43. The Morgan fingerprint density at radius 3 is 1.33 bits per heavy atom. The van der Waals surface area contributed by atoms with Crippen LogP contribution in [0.5, 0.6) is 0 Å². The van der Waals surface area contributed by atoms with Gasteiger partial charge in [0.15, 0.2) is 40.7 Å². The molecule has 0 saturated heterocycles. The SMILES string of the molecule is O=C(OC1C=CC(OC(=O)c2c(F)c(F)c(F)c(F)c2F)C=C1)c1c(F)cc(F)c(F)c1F. The molecule has 2 aromatic rings. The van der Waals surface area contributed by atoms with Gasteiger partial charge in [-0.15, -0.1) is 0 Å². The van der Waals surface area contributed by atoms with Gasteiger partial charge in [0.05, 0.1) is 0 Å². The molecule has 13 heteroatoms. The topological polar surface area (TPSA) is 52.6 Å². The average Bonchev–Trinajstić information content (AvgIpc) is 2.76. The van der Waals surface area contributed by atoms with Gasteiger partial charge in [-0.2, -0.15) is 0 Å². The van der Waals surface area contributed by atoms with E-state index in [-0.39, 0.29) is 6.07 Å². The van der Waals surface area contributed by atoms with Crippen LogP contribution in [0.3, 0.4) is 0 Å². The van der Waals surface area contributed by atoms with Gasteiger partial charge < -0.3 is 9.47 Å². The second kappa shape index (κ2) is 9.00. The van der Waals surface area contributed by atoms with E-state index in [0.717, 1.165) is 24.3 Å². The zero-order valence-electron chi connectivity index (χ0n) is 15.6. The summed E-state index contributed by atoms with van der Waals surface area (Å²) in [5.41, 5.74) is -3.36. The molecule has 33 heavy (non-hydrogen) atoms. The van der Waals surface area contributed by atoms with Crippen LogP contribution in [0.15, 0.2) is 30.4 Å². The van der Waals surface area contributed by atoms with Crippen LogP contribution in [-0.4, -0.2) is 24.1 Å². The van der Waals surface area contributed by atoms with Gasteiger partial charge in [0.2, 0.25) is 5.82 Å². The fourth-order valence-corrected chi connectivity index (χ4v) is 2.63. The number of esters is 2. The van der Waals surface area contributed by atoms with Crippen LogP contribution in [0.4, 0.5) is 39.5 Å². The zero-order valence-corrected chi connectivity index (χ0v) is 15.6. The van der Waals surface area contributed by atoms with E-state index >= 15 is 0 Å². The molecule has 0 saturated carbocycles. The first kappa shape index (κ1) is 23.9. The maximum Gasteiger partial charge on any atom is 0.345 e. The van der Waals surface area contributed by atoms with Crippen LogP contribution < -0.4 is 0 Å². The smallest absolute Gasteiger partial charge is 0.345 e. The summed E-state index contributed by atoms with van der Waals surface area (Å²) in [4.78, 5) is 23.8. The van der Waals surface area contributed by atoms with Gasteiger partial charge in [0.25, 0.3) is 0 Å². The molecular weight excluding hydrogens is 475 g/mol. The molecule has 0 N–H and O–H groups in total. The van der Waals surface area contributed by atoms with E-state index in [1.54, 1.807) is 0 Å². The van der Waals surface area contributed by atoms with Crippen molar-refractivity contribution >= 4 is 11.9 Å². The van der Waals surface area contributed by atoms with Gasteiger partial charge in [-0.3, -0.25) is 0 Å². The highest BCUT2D eigenvalue weighted by atomic mass is 19.2. The summed E-state index contributed by atoms with van der Waals surface area (Å²) in [7, 11) is 0. The highest BCUT2D eigenvalue weighted by Gasteiger charge is 2.32. The summed E-state index contributed by atoms with van der Waals surface area (Å²) in [5.74, 6) is -23.5. The summed E-state index contributed by atoms with van der Waals surface area (Å²) < 4.78 is 130. The van der Waals surface area contributed by atoms with Crippen molar-refractivity contribution in [3.8, 4) is 0 Å². The molecule has 1 aliphatic carbocycles. The Kier molecular flexibility index (Phi) is 6.51. The summed E-state index contributed by atoms with van der Waals surface area (Å²) in [5, 5.41) is 0. The predicted octanol–water partition coefficient (Wildman–Crippen LogP) is 4.82. The second-order valence-corrected chi connectivity index (χ2v) is 6.30. The molecule has 1 aliphatic rings. The average molecular weight is 482 g/mol. The summed E-state index contributed by atoms with van der Waals surface area (Å²) in [6.45, 7) is 0. The van der Waals surface area contributed by atoms with E-state index in [1.807, 2.05) is 0 Å². The normalized spacial score (nSPS) is 17.2. The molecule has 0 aromatic heterocycles. The van der Waals surface area contributed by atoms with Gasteiger partial charge in [0.1, 0.15) is 29.2 Å². The lowest BCUT2D eigenvalue weighted by atomic mass is 10.1. The molecule has 0 aliphatic heterocycles. The molecule has 3 rings (SSSR count). The molecule has 0 spiro atoms. The Morgan fingerprint density at radius 1 is 0.515 bits per heavy atom. The summed E-state index contributed by atoms with van der Waals surface area (Å²) in [6, 6.07) is -0.0730. The van der Waals surface area contributed by atoms with Crippen molar-refractivity contribution < 1.29 is 58.6 Å². The maximum atomic E-state index is 13.7. The summed E-state index contributed by atoms with van der Waals surface area (Å²) >= 11 is 0. The monoisotopic (exact) mass is 482 g/mol. The zero-order chi connectivity index (χ0) is 24.6. The molecule has 0 heterocycles. The second-order valence-electron chi connectivity index (χ2n) is 6.30. The third-order valence-corrected chi connectivity index (χ3v) is 4.20. The highest BCUT2D eigenvalue weighted by molar-refractivity contribution is 5.91. The number of carbonyl (C=O) groups is 2. The molecule has 0 atom stereocenters. The summed E-state index contributed by atoms with van der Waals surface area (Å²) in [6.07, 6.45) is 0.959. The van der Waals surface area contributed by atoms with Gasteiger partial charge in [0, 0.05) is 6.07 Å². The predicted molar refractivity (Wildman–Crippen MR) is 89.2 cm³/mol. The van der Waals surface area contributed by atoms with Crippen LogP contribution in [0.1, 0.15) is 20.7 Å². The number of halogens is 9. The minimum absolute atomic E-state index is 0.0730. The van der Waals surface area contributed by atoms with Gasteiger partial charge in [-0.1, -0.05) is 0 Å². The van der Waals surface area contributed by atoms with Gasteiger partial charge in [-0.25, -0.2) is 49.1 Å². The molecular formula is C20H7F9O4. The van der Waals surface area contributed by atoms with E-state index in [4.69, 9.17) is 0 Å². The van der Waals surface area contributed by atoms with Crippen LogP contribution in [0.25, 0.3) is 0 Å². The van der Waals surface area contributed by atoms with Crippen molar-refractivity contribution in [3.63, 3.8) is 0 Å². The number of ether oxygens (including phenoxy) is 2. The number of carbonyl (C=O) groups excluding carboxylic acids is 2. The largest absolute Gasteiger partial charge is 0.450 e. The first-order valence-electron chi connectivity index (χ1n) is 8.57. The quantitative estimate of drug-likeness (QED) is 0.206. The van der Waals surface area contributed by atoms with Crippen LogP contribution in [0.2, 0.25) is 0 Å². The molecule has 2 aromatic carbocycles. The number of benzene rings is 2. The van der Waals surface area contributed by atoms with E-state index in [2.05, 4.69) is 9.47 Å². The molecule has 174 valence electrons. The third-order valence-electron chi connectivity index (χ3n) is 4.20. The van der Waals surface area contributed by atoms with E-state index in [9.17, 15) is 49.1 Å². The lowest BCUT2D eigenvalue weighted by Gasteiger charge is -2.18. The first-order chi connectivity index (χ1) is 15.4.